The number of carbonyl (C=O) groups is 3. The Hall–Kier alpha value is -6.05. The lowest BCUT2D eigenvalue weighted by molar-refractivity contribution is -0.145. The summed E-state index contributed by atoms with van der Waals surface area (Å²) in [6.07, 6.45) is -0.773. The number of β-amino-alcohol motifs (C(OH)–C–C–N with tert-alkyl or cyclic N) is 1. The lowest BCUT2D eigenvalue weighted by Gasteiger charge is -2.35. The Kier molecular flexibility index (Phi) is 17.7. The molecule has 2 aromatic carbocycles. The SMILES string of the molecule is Cc1cc(N)nc(-c2c(Cl)cc3c(N4CC5CCC(C4)N5)nc(OC[C@@H]4CCCN4CCCOCCCOc4cc(-c5scnc5C)ccc4CNC(=O)[C@@H]4C[C@@H](O)CN4C(=O)[C@H](NC(=O)C4(F)CC4)C(C)(C)C)nc3c2F)c1C(F)(F)F. The number of benzene rings is 2. The molecule has 448 valence electrons. The topological polar surface area (TPSA) is 223 Å². The first kappa shape index (κ1) is 60.1. The standard InChI is InChI=1S/C58H71ClF5N11O7S/c1-31-21-43(65)69-48(45(31)58(62,63)64)44-40(59)24-39-47(46(44)60)70-55(72-51(39)74-26-35-12-13-36(27-74)68-35)82-29-37-9-6-16-73(37)17-7-18-80-19-8-20-81-42-22-33(49-32(2)67-30-83-49)10-11-34(42)25-66-52(77)41-23-38(76)28-75(41)53(78)50(56(3,4)5)71-54(79)57(61)14-15-57/h10-11,21-22,24,30,35-38,41,50,68,76H,6-9,12-20,23,25-29H2,1-5H3,(H2,65,69)(H,66,77)(H,71,79)/t35?,36?,37-,38+,41-,50-/m0/s1. The molecule has 5 aromatic rings. The highest BCUT2D eigenvalue weighted by atomic mass is 35.5. The number of amides is 3. The van der Waals surface area contributed by atoms with Crippen LogP contribution in [0.2, 0.25) is 5.02 Å². The molecule has 0 radical (unpaired) electrons. The molecule has 83 heavy (non-hydrogen) atoms. The first-order chi connectivity index (χ1) is 39.4. The van der Waals surface area contributed by atoms with E-state index in [9.17, 15) is 37.1 Å². The van der Waals surface area contributed by atoms with Gasteiger partial charge in [0, 0.05) is 87.9 Å². The second kappa shape index (κ2) is 24.5. The number of thiazole rings is 1. The first-order valence-corrected chi connectivity index (χ1v) is 29.6. The van der Waals surface area contributed by atoms with Gasteiger partial charge in [-0.1, -0.05) is 44.5 Å². The number of aliphatic hydroxyl groups excluding tert-OH is 1. The predicted octanol–water partition coefficient (Wildman–Crippen LogP) is 8.10. The molecule has 2 bridgehead atoms. The summed E-state index contributed by atoms with van der Waals surface area (Å²) in [6.45, 7) is 12.4. The number of hydrogen-bond donors (Lipinski definition) is 5. The Morgan fingerprint density at radius 2 is 1.73 bits per heavy atom. The van der Waals surface area contributed by atoms with Crippen molar-refractivity contribution in [1.82, 2.24) is 45.7 Å². The highest BCUT2D eigenvalue weighted by Gasteiger charge is 2.53. The molecule has 4 saturated heterocycles. The Morgan fingerprint density at radius 3 is 2.43 bits per heavy atom. The van der Waals surface area contributed by atoms with Gasteiger partial charge in [-0.2, -0.15) is 23.1 Å². The average Bonchev–Trinajstić information content (AvgIpc) is 2.10. The number of alkyl halides is 4. The number of likely N-dealkylation sites (tertiary alicyclic amines) is 2. The molecule has 4 aliphatic heterocycles. The highest BCUT2D eigenvalue weighted by Crippen LogP contribution is 2.46. The number of nitrogen functional groups attached to an aromatic ring is 1. The number of ether oxygens (including phenoxy) is 3. The van der Waals surface area contributed by atoms with Gasteiger partial charge in [0.25, 0.3) is 5.91 Å². The van der Waals surface area contributed by atoms with E-state index < -0.39 is 75.8 Å². The van der Waals surface area contributed by atoms with Gasteiger partial charge in [-0.3, -0.25) is 19.3 Å². The van der Waals surface area contributed by atoms with E-state index >= 15 is 4.39 Å². The molecule has 6 atom stereocenters. The number of carbonyl (C=O) groups excluding carboxylic acids is 3. The third kappa shape index (κ3) is 13.4. The fourth-order valence-electron chi connectivity index (χ4n) is 11.8. The molecule has 2 unspecified atom stereocenters. The predicted molar refractivity (Wildman–Crippen MR) is 304 cm³/mol. The molecule has 3 aromatic heterocycles. The van der Waals surface area contributed by atoms with Crippen molar-refractivity contribution in [3.8, 4) is 33.5 Å². The maximum atomic E-state index is 17.0. The Morgan fingerprint density at radius 1 is 0.988 bits per heavy atom. The molecule has 5 aliphatic rings. The van der Waals surface area contributed by atoms with Crippen LogP contribution in [0.5, 0.6) is 11.8 Å². The molecule has 18 nitrogen and oxygen atoms in total. The Labute approximate surface area is 487 Å². The van der Waals surface area contributed by atoms with Crippen LogP contribution in [0.1, 0.15) is 101 Å². The van der Waals surface area contributed by atoms with Crippen molar-refractivity contribution in [1.29, 1.82) is 0 Å². The van der Waals surface area contributed by atoms with Crippen molar-refractivity contribution in [3.63, 3.8) is 0 Å². The van der Waals surface area contributed by atoms with E-state index in [-0.39, 0.29) is 90.4 Å². The van der Waals surface area contributed by atoms with Gasteiger partial charge in [0.2, 0.25) is 11.8 Å². The number of nitrogens with two attached hydrogens (primary N) is 1. The minimum atomic E-state index is -4.89. The van der Waals surface area contributed by atoms with Gasteiger partial charge in [-0.05, 0) is 100 Å². The van der Waals surface area contributed by atoms with Gasteiger partial charge >= 0.3 is 12.2 Å². The van der Waals surface area contributed by atoms with E-state index in [2.05, 4.69) is 35.8 Å². The van der Waals surface area contributed by atoms with E-state index in [1.807, 2.05) is 30.0 Å². The van der Waals surface area contributed by atoms with Crippen LogP contribution >= 0.6 is 22.9 Å². The van der Waals surface area contributed by atoms with Crippen LogP contribution in [0.25, 0.3) is 32.6 Å². The normalized spacial score (nSPS) is 21.9. The molecule has 1 aliphatic carbocycles. The van der Waals surface area contributed by atoms with E-state index in [1.54, 1.807) is 26.3 Å². The maximum absolute atomic E-state index is 17.0. The first-order valence-electron chi connectivity index (χ1n) is 28.4. The maximum Gasteiger partial charge on any atom is 0.418 e. The summed E-state index contributed by atoms with van der Waals surface area (Å²) in [4.78, 5) is 64.9. The highest BCUT2D eigenvalue weighted by molar-refractivity contribution is 7.13. The summed E-state index contributed by atoms with van der Waals surface area (Å²) < 4.78 is 94.0. The second-order valence-corrected chi connectivity index (χ2v) is 24.9. The minimum Gasteiger partial charge on any atom is -0.493 e. The molecular formula is C58H71ClF5N11O7S. The summed E-state index contributed by atoms with van der Waals surface area (Å²) in [6, 6.07) is 6.27. The quantitative estimate of drug-likeness (QED) is 0.0346. The monoisotopic (exact) mass is 1200 g/mol. The summed E-state index contributed by atoms with van der Waals surface area (Å²) in [5.74, 6) is -2.30. The summed E-state index contributed by atoms with van der Waals surface area (Å²) in [7, 11) is 0. The lowest BCUT2D eigenvalue weighted by Crippen LogP contribution is -2.59. The number of fused-ring (bicyclic) bond motifs is 3. The molecule has 0 spiro atoms. The molecule has 1 saturated carbocycles. The molecule has 6 N–H and O–H groups in total. The zero-order valence-electron chi connectivity index (χ0n) is 47.1. The molecule has 3 amide bonds. The van der Waals surface area contributed by atoms with Gasteiger partial charge in [-0.25, -0.2) is 18.7 Å². The number of nitrogens with one attached hydrogen (secondary N) is 3. The average molecular weight is 1200 g/mol. The smallest absolute Gasteiger partial charge is 0.418 e. The number of hydrogen-bond acceptors (Lipinski definition) is 16. The molecule has 10 rings (SSSR count). The minimum absolute atomic E-state index is 0.00818. The molecular weight excluding hydrogens is 1130 g/mol. The summed E-state index contributed by atoms with van der Waals surface area (Å²) in [5, 5.41) is 19.8. The third-order valence-corrected chi connectivity index (χ3v) is 17.6. The van der Waals surface area contributed by atoms with Crippen molar-refractivity contribution in [3.05, 3.63) is 69.1 Å². The van der Waals surface area contributed by atoms with Crippen molar-refractivity contribution in [2.45, 2.75) is 147 Å². The fraction of sp³-hybridized carbons (Fsp3) is 0.569. The fourth-order valence-corrected chi connectivity index (χ4v) is 12.9. The van der Waals surface area contributed by atoms with Crippen LogP contribution in [0.15, 0.2) is 35.8 Å². The number of pyridine rings is 1. The number of aryl methyl sites for hydroxylation is 2. The molecule has 7 heterocycles. The Balaban J connectivity index is 0.743. The van der Waals surface area contributed by atoms with Gasteiger partial charge in [0.15, 0.2) is 11.5 Å². The van der Waals surface area contributed by atoms with E-state index in [0.717, 1.165) is 60.8 Å². The Bertz CT molecular complexity index is 3220. The van der Waals surface area contributed by atoms with Gasteiger partial charge < -0.3 is 50.8 Å². The zero-order chi connectivity index (χ0) is 59.1. The zero-order valence-corrected chi connectivity index (χ0v) is 48.7. The van der Waals surface area contributed by atoms with Crippen LogP contribution in [0, 0.1) is 25.1 Å². The summed E-state index contributed by atoms with van der Waals surface area (Å²) in [5.41, 5.74) is 4.40. The number of anilines is 2. The van der Waals surface area contributed by atoms with Crippen molar-refractivity contribution >= 4 is 63.2 Å². The second-order valence-electron chi connectivity index (χ2n) is 23.7. The van der Waals surface area contributed by atoms with Crippen molar-refractivity contribution in [2.24, 2.45) is 5.41 Å². The number of aromatic nitrogens is 4. The van der Waals surface area contributed by atoms with Crippen LogP contribution in [0.4, 0.5) is 33.6 Å². The van der Waals surface area contributed by atoms with Crippen LogP contribution in [0.3, 0.4) is 0 Å². The molecule has 5 fully saturated rings. The van der Waals surface area contributed by atoms with E-state index in [4.69, 9.17) is 36.5 Å². The number of rotatable bonds is 21. The van der Waals surface area contributed by atoms with Crippen molar-refractivity contribution < 1.29 is 55.7 Å². The van der Waals surface area contributed by atoms with Crippen LogP contribution in [-0.4, -0.2) is 154 Å². The number of halogens is 6. The van der Waals surface area contributed by atoms with E-state index in [0.29, 0.717) is 63.0 Å². The van der Waals surface area contributed by atoms with Gasteiger partial charge in [0.05, 0.1) is 50.6 Å². The molecule has 25 heteroatoms. The third-order valence-electron chi connectivity index (χ3n) is 16.3. The van der Waals surface area contributed by atoms with Gasteiger partial charge in [0.1, 0.15) is 41.6 Å². The number of aliphatic hydroxyl groups is 1. The van der Waals surface area contributed by atoms with Crippen molar-refractivity contribution in [2.75, 3.05) is 69.8 Å². The van der Waals surface area contributed by atoms with Gasteiger partial charge in [-0.15, -0.1) is 11.3 Å². The largest absolute Gasteiger partial charge is 0.493 e. The lowest BCUT2D eigenvalue weighted by atomic mass is 9.85. The van der Waals surface area contributed by atoms with E-state index in [1.165, 1.54) is 29.2 Å². The number of nitrogens with zero attached hydrogens (tertiary/aromatic N) is 7. The van der Waals surface area contributed by atoms with Crippen LogP contribution < -0.4 is 36.1 Å². The number of piperazine rings is 1. The summed E-state index contributed by atoms with van der Waals surface area (Å²) >= 11 is 8.20. The van der Waals surface area contributed by atoms with Crippen LogP contribution in [-0.2, 0) is 31.8 Å².